The van der Waals surface area contributed by atoms with Gasteiger partial charge in [-0.15, -0.1) is 0 Å². The summed E-state index contributed by atoms with van der Waals surface area (Å²) in [7, 11) is 1.49. The van der Waals surface area contributed by atoms with Crippen molar-refractivity contribution in [1.82, 2.24) is 0 Å². The SMILES string of the molecule is COc1cccc2cc(CC(C)=O)c(O)c(O)c12. The topological polar surface area (TPSA) is 66.8 Å². The number of aromatic hydroxyl groups is 2. The van der Waals surface area contributed by atoms with Crippen LogP contribution in [0.3, 0.4) is 0 Å². The van der Waals surface area contributed by atoms with Crippen LogP contribution in [0.15, 0.2) is 24.3 Å². The van der Waals surface area contributed by atoms with Crippen molar-refractivity contribution < 1.29 is 19.7 Å². The van der Waals surface area contributed by atoms with E-state index in [4.69, 9.17) is 4.74 Å². The van der Waals surface area contributed by atoms with Crippen LogP contribution in [-0.2, 0) is 11.2 Å². The maximum Gasteiger partial charge on any atom is 0.169 e. The highest BCUT2D eigenvalue weighted by Gasteiger charge is 2.15. The van der Waals surface area contributed by atoms with Crippen molar-refractivity contribution in [2.75, 3.05) is 7.11 Å². The normalized spacial score (nSPS) is 10.6. The lowest BCUT2D eigenvalue weighted by atomic mass is 10.0. The third-order valence-electron chi connectivity index (χ3n) is 2.81. The number of Topliss-reactive ketones (excluding diaryl/α,β-unsaturated/α-hetero) is 1. The van der Waals surface area contributed by atoms with Gasteiger partial charge in [-0.25, -0.2) is 0 Å². The summed E-state index contributed by atoms with van der Waals surface area (Å²) in [5.74, 6) is -0.106. The van der Waals surface area contributed by atoms with Gasteiger partial charge in [0.05, 0.1) is 12.5 Å². The lowest BCUT2D eigenvalue weighted by Gasteiger charge is -2.11. The van der Waals surface area contributed by atoms with E-state index in [1.165, 1.54) is 14.0 Å². The number of benzene rings is 2. The second-order valence-corrected chi connectivity index (χ2v) is 4.17. The number of rotatable bonds is 3. The summed E-state index contributed by atoms with van der Waals surface area (Å²) >= 11 is 0. The molecule has 0 aliphatic heterocycles. The van der Waals surface area contributed by atoms with Crippen molar-refractivity contribution in [3.05, 3.63) is 29.8 Å². The van der Waals surface area contributed by atoms with Gasteiger partial charge in [-0.1, -0.05) is 12.1 Å². The first-order valence-corrected chi connectivity index (χ1v) is 5.54. The van der Waals surface area contributed by atoms with E-state index < -0.39 is 0 Å². The molecule has 2 rings (SSSR count). The molecule has 0 fully saturated rings. The zero-order chi connectivity index (χ0) is 13.3. The Hall–Kier alpha value is -2.23. The number of ketones is 1. The average molecular weight is 246 g/mol. The molecule has 0 saturated carbocycles. The fourth-order valence-electron chi connectivity index (χ4n) is 2.02. The standard InChI is InChI=1S/C14H14O4/c1-8(15)6-10-7-9-4-3-5-11(18-2)12(9)14(17)13(10)16/h3-5,7,16-17H,6H2,1-2H3. The van der Waals surface area contributed by atoms with Gasteiger partial charge in [-0.2, -0.15) is 0 Å². The number of methoxy groups -OCH3 is 1. The van der Waals surface area contributed by atoms with E-state index in [1.54, 1.807) is 24.3 Å². The number of ether oxygens (including phenoxy) is 1. The number of phenols is 2. The van der Waals surface area contributed by atoms with Crippen LogP contribution in [0.4, 0.5) is 0 Å². The highest BCUT2D eigenvalue weighted by molar-refractivity contribution is 5.97. The van der Waals surface area contributed by atoms with Crippen LogP contribution in [-0.4, -0.2) is 23.1 Å². The Bertz CT molecular complexity index is 617. The van der Waals surface area contributed by atoms with E-state index in [1.807, 2.05) is 0 Å². The summed E-state index contributed by atoms with van der Waals surface area (Å²) in [6.45, 7) is 1.44. The number of hydrogen-bond donors (Lipinski definition) is 2. The van der Waals surface area contributed by atoms with Crippen molar-refractivity contribution in [3.8, 4) is 17.2 Å². The molecule has 94 valence electrons. The van der Waals surface area contributed by atoms with Crippen LogP contribution in [0.5, 0.6) is 17.2 Å². The van der Waals surface area contributed by atoms with E-state index in [0.29, 0.717) is 16.7 Å². The Labute approximate surface area is 104 Å². The predicted molar refractivity (Wildman–Crippen MR) is 68.2 cm³/mol. The van der Waals surface area contributed by atoms with Crippen LogP contribution in [0, 0.1) is 0 Å². The summed E-state index contributed by atoms with van der Waals surface area (Å²) in [6.07, 6.45) is 0.0898. The van der Waals surface area contributed by atoms with Gasteiger partial charge in [-0.05, 0) is 24.4 Å². The van der Waals surface area contributed by atoms with Crippen LogP contribution in [0.2, 0.25) is 0 Å². The van der Waals surface area contributed by atoms with E-state index in [-0.39, 0.29) is 23.7 Å². The molecule has 0 radical (unpaired) electrons. The van der Waals surface area contributed by atoms with Crippen molar-refractivity contribution in [2.45, 2.75) is 13.3 Å². The van der Waals surface area contributed by atoms with Crippen molar-refractivity contribution in [2.24, 2.45) is 0 Å². The molecule has 2 aromatic rings. The highest BCUT2D eigenvalue weighted by atomic mass is 16.5. The highest BCUT2D eigenvalue weighted by Crippen LogP contribution is 2.41. The minimum absolute atomic E-state index is 0.0769. The van der Waals surface area contributed by atoms with Gasteiger partial charge in [0.15, 0.2) is 11.5 Å². The maximum atomic E-state index is 11.1. The number of fused-ring (bicyclic) bond motifs is 1. The first kappa shape index (κ1) is 12.2. The quantitative estimate of drug-likeness (QED) is 0.816. The van der Waals surface area contributed by atoms with Gasteiger partial charge in [0, 0.05) is 12.0 Å². The molecule has 0 aliphatic rings. The number of hydrogen-bond acceptors (Lipinski definition) is 4. The van der Waals surface area contributed by atoms with Gasteiger partial charge >= 0.3 is 0 Å². The molecule has 4 nitrogen and oxygen atoms in total. The molecule has 4 heteroatoms. The average Bonchev–Trinajstić information content (AvgIpc) is 2.34. The number of phenolic OH excluding ortho intramolecular Hbond substituents is 2. The first-order valence-electron chi connectivity index (χ1n) is 5.54. The van der Waals surface area contributed by atoms with Gasteiger partial charge in [0.1, 0.15) is 11.5 Å². The Morgan fingerprint density at radius 3 is 2.61 bits per heavy atom. The molecule has 0 amide bonds. The maximum absolute atomic E-state index is 11.1. The summed E-state index contributed by atoms with van der Waals surface area (Å²) < 4.78 is 5.15. The van der Waals surface area contributed by atoms with Crippen molar-refractivity contribution in [3.63, 3.8) is 0 Å². The van der Waals surface area contributed by atoms with E-state index >= 15 is 0 Å². The van der Waals surface area contributed by atoms with E-state index in [2.05, 4.69) is 0 Å². The minimum atomic E-state index is -0.262. The lowest BCUT2D eigenvalue weighted by Crippen LogP contribution is -1.97. The lowest BCUT2D eigenvalue weighted by molar-refractivity contribution is -0.116. The minimum Gasteiger partial charge on any atom is -0.504 e. The Kier molecular flexibility index (Phi) is 3.10. The molecule has 0 aromatic heterocycles. The fraction of sp³-hybridized carbons (Fsp3) is 0.214. The van der Waals surface area contributed by atoms with Gasteiger partial charge in [0.25, 0.3) is 0 Å². The third-order valence-corrected chi connectivity index (χ3v) is 2.81. The summed E-state index contributed by atoms with van der Waals surface area (Å²) in [6, 6.07) is 6.97. The predicted octanol–water partition coefficient (Wildman–Crippen LogP) is 2.39. The van der Waals surface area contributed by atoms with E-state index in [9.17, 15) is 15.0 Å². The zero-order valence-electron chi connectivity index (χ0n) is 10.2. The molecular weight excluding hydrogens is 232 g/mol. The number of carbonyl (C=O) groups excluding carboxylic acids is 1. The van der Waals surface area contributed by atoms with Crippen LogP contribution < -0.4 is 4.74 Å². The summed E-state index contributed by atoms with van der Waals surface area (Å²) in [4.78, 5) is 11.1. The Balaban J connectivity index is 2.74. The second-order valence-electron chi connectivity index (χ2n) is 4.17. The van der Waals surface area contributed by atoms with Crippen molar-refractivity contribution in [1.29, 1.82) is 0 Å². The molecule has 0 unspecified atom stereocenters. The Morgan fingerprint density at radius 2 is 2.00 bits per heavy atom. The van der Waals surface area contributed by atoms with Crippen LogP contribution in [0.1, 0.15) is 12.5 Å². The van der Waals surface area contributed by atoms with Crippen LogP contribution >= 0.6 is 0 Å². The van der Waals surface area contributed by atoms with E-state index in [0.717, 1.165) is 5.39 Å². The second kappa shape index (κ2) is 4.56. The van der Waals surface area contributed by atoms with Gasteiger partial charge < -0.3 is 14.9 Å². The van der Waals surface area contributed by atoms with Crippen molar-refractivity contribution >= 4 is 16.6 Å². The van der Waals surface area contributed by atoms with Gasteiger partial charge in [0.2, 0.25) is 0 Å². The summed E-state index contributed by atoms with van der Waals surface area (Å²) in [5.41, 5.74) is 0.417. The molecule has 0 bridgehead atoms. The Morgan fingerprint density at radius 1 is 1.28 bits per heavy atom. The monoisotopic (exact) mass is 246 g/mol. The number of carbonyl (C=O) groups is 1. The summed E-state index contributed by atoms with van der Waals surface area (Å²) in [5, 5.41) is 21.1. The molecule has 0 heterocycles. The molecule has 2 N–H and O–H groups in total. The molecule has 18 heavy (non-hydrogen) atoms. The van der Waals surface area contributed by atoms with Gasteiger partial charge in [-0.3, -0.25) is 4.79 Å². The molecular formula is C14H14O4. The molecule has 0 spiro atoms. The molecule has 0 atom stereocenters. The smallest absolute Gasteiger partial charge is 0.169 e. The third kappa shape index (κ3) is 1.97. The van der Waals surface area contributed by atoms with Crippen LogP contribution in [0.25, 0.3) is 10.8 Å². The fourth-order valence-corrected chi connectivity index (χ4v) is 2.02. The largest absolute Gasteiger partial charge is 0.504 e. The first-order chi connectivity index (χ1) is 8.54. The molecule has 0 aliphatic carbocycles. The zero-order valence-corrected chi connectivity index (χ0v) is 10.2. The molecule has 2 aromatic carbocycles. The molecule has 0 saturated heterocycles.